The van der Waals surface area contributed by atoms with Crippen LogP contribution in [0.2, 0.25) is 0 Å². The summed E-state index contributed by atoms with van der Waals surface area (Å²) in [7, 11) is 0. The maximum absolute atomic E-state index is 12.1. The van der Waals surface area contributed by atoms with Crippen molar-refractivity contribution in [2.75, 3.05) is 5.32 Å². The van der Waals surface area contributed by atoms with Crippen LogP contribution in [0.15, 0.2) is 23.6 Å². The predicted octanol–water partition coefficient (Wildman–Crippen LogP) is 2.90. The molecule has 0 radical (unpaired) electrons. The van der Waals surface area contributed by atoms with Crippen molar-refractivity contribution in [1.29, 1.82) is 0 Å². The molecule has 4 nitrogen and oxygen atoms in total. The van der Waals surface area contributed by atoms with E-state index in [2.05, 4.69) is 22.4 Å². The number of rotatable bonds is 3. The van der Waals surface area contributed by atoms with Gasteiger partial charge in [-0.1, -0.05) is 6.07 Å². The first-order valence-corrected chi connectivity index (χ1v) is 7.65. The summed E-state index contributed by atoms with van der Waals surface area (Å²) in [4.78, 5) is 16.4. The van der Waals surface area contributed by atoms with Gasteiger partial charge in [0.2, 0.25) is 0 Å². The normalized spacial score (nSPS) is 14.9. The first-order chi connectivity index (χ1) is 9.63. The van der Waals surface area contributed by atoms with E-state index in [1.807, 2.05) is 13.0 Å². The lowest BCUT2D eigenvalue weighted by molar-refractivity contribution is 0.102. The van der Waals surface area contributed by atoms with E-state index in [-0.39, 0.29) is 11.9 Å². The number of nitrogens with zero attached hydrogens (tertiary/aromatic N) is 1. The van der Waals surface area contributed by atoms with Crippen LogP contribution in [0.4, 0.5) is 5.69 Å². The van der Waals surface area contributed by atoms with Crippen LogP contribution in [0.3, 0.4) is 0 Å². The Balaban J connectivity index is 1.75. The molecule has 0 saturated heterocycles. The van der Waals surface area contributed by atoms with Crippen LogP contribution in [-0.2, 0) is 12.8 Å². The second-order valence-electron chi connectivity index (χ2n) is 5.15. The van der Waals surface area contributed by atoms with Gasteiger partial charge in [-0.3, -0.25) is 4.79 Å². The Kier molecular flexibility index (Phi) is 3.54. The third kappa shape index (κ3) is 2.59. The average molecular weight is 287 g/mol. The highest BCUT2D eigenvalue weighted by molar-refractivity contribution is 7.09. The number of nitrogens with one attached hydrogen (secondary N) is 1. The molecule has 0 aliphatic heterocycles. The maximum Gasteiger partial charge on any atom is 0.275 e. The molecular formula is C15H17N3OS. The second kappa shape index (κ2) is 5.34. The van der Waals surface area contributed by atoms with Gasteiger partial charge in [-0.2, -0.15) is 0 Å². The molecule has 0 fully saturated rings. The van der Waals surface area contributed by atoms with E-state index in [1.54, 1.807) is 5.38 Å². The van der Waals surface area contributed by atoms with Crippen LogP contribution in [0, 0.1) is 0 Å². The van der Waals surface area contributed by atoms with Crippen molar-refractivity contribution in [3.8, 4) is 0 Å². The van der Waals surface area contributed by atoms with Crippen molar-refractivity contribution in [3.63, 3.8) is 0 Å². The quantitative estimate of drug-likeness (QED) is 0.912. The number of anilines is 1. The smallest absolute Gasteiger partial charge is 0.275 e. The number of carbonyl (C=O) groups excluding carboxylic acids is 1. The molecule has 1 unspecified atom stereocenters. The van der Waals surface area contributed by atoms with Crippen molar-refractivity contribution >= 4 is 22.9 Å². The van der Waals surface area contributed by atoms with E-state index in [4.69, 9.17) is 5.73 Å². The standard InChI is InChI=1S/C15H17N3OS/c1-9(16)15-18-13(8-20-15)14(19)17-12-6-5-10-3-2-4-11(10)7-12/h5-9H,2-4,16H2,1H3,(H,17,19). The minimum atomic E-state index is -0.175. The van der Waals surface area contributed by atoms with Gasteiger partial charge in [-0.15, -0.1) is 11.3 Å². The number of benzene rings is 1. The number of carbonyl (C=O) groups is 1. The average Bonchev–Trinajstić information content (AvgIpc) is 3.07. The highest BCUT2D eigenvalue weighted by Crippen LogP contribution is 2.25. The molecule has 0 bridgehead atoms. The molecule has 2 aromatic rings. The predicted molar refractivity (Wildman–Crippen MR) is 81.1 cm³/mol. The van der Waals surface area contributed by atoms with Gasteiger partial charge in [0, 0.05) is 11.1 Å². The van der Waals surface area contributed by atoms with E-state index in [0.29, 0.717) is 5.69 Å². The molecule has 1 aromatic carbocycles. The molecule has 0 spiro atoms. The number of aryl methyl sites for hydroxylation is 2. The van der Waals surface area contributed by atoms with Crippen molar-refractivity contribution in [2.24, 2.45) is 5.73 Å². The lowest BCUT2D eigenvalue weighted by Gasteiger charge is -2.06. The van der Waals surface area contributed by atoms with Crippen molar-refractivity contribution in [1.82, 2.24) is 4.98 Å². The number of amides is 1. The lowest BCUT2D eigenvalue weighted by Crippen LogP contribution is -2.13. The zero-order valence-electron chi connectivity index (χ0n) is 11.3. The summed E-state index contributed by atoms with van der Waals surface area (Å²) in [6.45, 7) is 1.86. The molecule has 104 valence electrons. The first kappa shape index (κ1) is 13.3. The van der Waals surface area contributed by atoms with Crippen LogP contribution in [-0.4, -0.2) is 10.9 Å². The number of hydrogen-bond donors (Lipinski definition) is 2. The fourth-order valence-electron chi connectivity index (χ4n) is 2.45. The molecule has 3 rings (SSSR count). The Labute approximate surface area is 122 Å². The Hall–Kier alpha value is -1.72. The first-order valence-electron chi connectivity index (χ1n) is 6.77. The number of hydrogen-bond acceptors (Lipinski definition) is 4. The van der Waals surface area contributed by atoms with Crippen LogP contribution >= 0.6 is 11.3 Å². The summed E-state index contributed by atoms with van der Waals surface area (Å²) in [5, 5.41) is 5.44. The van der Waals surface area contributed by atoms with Crippen molar-refractivity contribution < 1.29 is 4.79 Å². The largest absolute Gasteiger partial charge is 0.322 e. The number of aromatic nitrogens is 1. The zero-order valence-corrected chi connectivity index (χ0v) is 12.2. The molecular weight excluding hydrogens is 270 g/mol. The summed E-state index contributed by atoms with van der Waals surface area (Å²) < 4.78 is 0. The third-order valence-electron chi connectivity index (χ3n) is 3.50. The SMILES string of the molecule is CC(N)c1nc(C(=O)Nc2ccc3c(c2)CCC3)cs1. The molecule has 1 atom stereocenters. The van der Waals surface area contributed by atoms with E-state index >= 15 is 0 Å². The molecule has 5 heteroatoms. The minimum absolute atomic E-state index is 0.137. The lowest BCUT2D eigenvalue weighted by atomic mass is 10.1. The Bertz CT molecular complexity index is 648. The maximum atomic E-state index is 12.1. The molecule has 20 heavy (non-hydrogen) atoms. The van der Waals surface area contributed by atoms with Crippen LogP contribution in [0.1, 0.15) is 46.0 Å². The van der Waals surface area contributed by atoms with Crippen LogP contribution in [0.5, 0.6) is 0 Å². The summed E-state index contributed by atoms with van der Waals surface area (Å²) in [6, 6.07) is 5.99. The van der Waals surface area contributed by atoms with Crippen LogP contribution in [0.25, 0.3) is 0 Å². The zero-order chi connectivity index (χ0) is 14.1. The molecule has 1 aromatic heterocycles. The molecule has 0 saturated carbocycles. The number of thiazole rings is 1. The highest BCUT2D eigenvalue weighted by Gasteiger charge is 2.15. The number of nitrogens with two attached hydrogens (primary N) is 1. The third-order valence-corrected chi connectivity index (χ3v) is 4.55. The van der Waals surface area contributed by atoms with E-state index in [9.17, 15) is 4.79 Å². The summed E-state index contributed by atoms with van der Waals surface area (Å²) in [5.41, 5.74) is 9.77. The summed E-state index contributed by atoms with van der Waals surface area (Å²) >= 11 is 1.42. The number of fused-ring (bicyclic) bond motifs is 1. The van der Waals surface area contributed by atoms with Crippen molar-refractivity contribution in [2.45, 2.75) is 32.2 Å². The van der Waals surface area contributed by atoms with Gasteiger partial charge in [0.05, 0.1) is 6.04 Å². The molecule has 1 aliphatic rings. The van der Waals surface area contributed by atoms with Gasteiger partial charge >= 0.3 is 0 Å². The van der Waals surface area contributed by atoms with Gasteiger partial charge in [-0.25, -0.2) is 4.98 Å². The Morgan fingerprint density at radius 3 is 2.95 bits per heavy atom. The fourth-order valence-corrected chi connectivity index (χ4v) is 3.20. The van der Waals surface area contributed by atoms with Gasteiger partial charge < -0.3 is 11.1 Å². The van der Waals surface area contributed by atoms with E-state index in [0.717, 1.165) is 23.5 Å². The molecule has 1 amide bonds. The van der Waals surface area contributed by atoms with E-state index in [1.165, 1.54) is 28.9 Å². The Morgan fingerprint density at radius 1 is 1.40 bits per heavy atom. The second-order valence-corrected chi connectivity index (χ2v) is 6.04. The van der Waals surface area contributed by atoms with Gasteiger partial charge in [-0.05, 0) is 49.4 Å². The van der Waals surface area contributed by atoms with E-state index < -0.39 is 0 Å². The van der Waals surface area contributed by atoms with Gasteiger partial charge in [0.25, 0.3) is 5.91 Å². The molecule has 3 N–H and O–H groups in total. The highest BCUT2D eigenvalue weighted by atomic mass is 32.1. The van der Waals surface area contributed by atoms with Crippen molar-refractivity contribution in [3.05, 3.63) is 45.4 Å². The summed E-state index contributed by atoms with van der Waals surface area (Å²) in [5.74, 6) is -0.175. The van der Waals surface area contributed by atoms with Crippen LogP contribution < -0.4 is 11.1 Å². The van der Waals surface area contributed by atoms with Gasteiger partial charge in [0.15, 0.2) is 0 Å². The van der Waals surface area contributed by atoms with Gasteiger partial charge in [0.1, 0.15) is 10.7 Å². The fraction of sp³-hybridized carbons (Fsp3) is 0.333. The molecule has 1 aliphatic carbocycles. The molecule has 1 heterocycles. The topological polar surface area (TPSA) is 68.0 Å². The minimum Gasteiger partial charge on any atom is -0.322 e. The summed E-state index contributed by atoms with van der Waals surface area (Å²) in [6.07, 6.45) is 3.45. The Morgan fingerprint density at radius 2 is 2.20 bits per heavy atom. The monoisotopic (exact) mass is 287 g/mol.